The highest BCUT2D eigenvalue weighted by molar-refractivity contribution is 6.14. The maximum atomic E-state index is 12.8. The van der Waals surface area contributed by atoms with Gasteiger partial charge in [-0.3, -0.25) is 9.59 Å². The van der Waals surface area contributed by atoms with Crippen molar-refractivity contribution in [2.75, 3.05) is 14.2 Å². The lowest BCUT2D eigenvalue weighted by Gasteiger charge is -2.19. The molecule has 2 aromatic carbocycles. The highest BCUT2D eigenvalue weighted by Gasteiger charge is 2.22. The minimum absolute atomic E-state index is 0.00843. The molecule has 0 spiro atoms. The Bertz CT molecular complexity index is 871. The van der Waals surface area contributed by atoms with E-state index >= 15 is 0 Å². The van der Waals surface area contributed by atoms with Gasteiger partial charge in [0.1, 0.15) is 0 Å². The molecule has 0 amide bonds. The minimum atomic E-state index is -0.301. The predicted molar refractivity (Wildman–Crippen MR) is 112 cm³/mol. The summed E-state index contributed by atoms with van der Waals surface area (Å²) in [7, 11) is 3.01. The number of ketones is 2. The molecule has 0 saturated heterocycles. The molecule has 0 bridgehead atoms. The number of Topliss-reactive ketones (excluding diaryl/α,β-unsaturated/α-hetero) is 2. The van der Waals surface area contributed by atoms with E-state index in [9.17, 15) is 9.59 Å². The SMILES string of the molecule is C=CCc1ccc(C(=O)CC(=O)c2ccc(C(C)(C)C)cc2)c(OC)c1OC. The quantitative estimate of drug-likeness (QED) is 0.359. The largest absolute Gasteiger partial charge is 0.493 e. The topological polar surface area (TPSA) is 52.6 Å². The van der Waals surface area contributed by atoms with Crippen LogP contribution in [0.15, 0.2) is 49.1 Å². The molecule has 0 unspecified atom stereocenters. The maximum Gasteiger partial charge on any atom is 0.174 e. The van der Waals surface area contributed by atoms with Gasteiger partial charge in [-0.1, -0.05) is 57.2 Å². The fourth-order valence-corrected chi connectivity index (χ4v) is 3.06. The van der Waals surface area contributed by atoms with Crippen molar-refractivity contribution in [3.05, 3.63) is 71.3 Å². The predicted octanol–water partition coefficient (Wildman–Crippen LogP) is 5.19. The summed E-state index contributed by atoms with van der Waals surface area (Å²) in [5.41, 5.74) is 2.88. The van der Waals surface area contributed by atoms with Crippen molar-refractivity contribution in [2.45, 2.75) is 39.0 Å². The summed E-state index contributed by atoms with van der Waals surface area (Å²) in [5, 5.41) is 0. The zero-order chi connectivity index (χ0) is 20.9. The van der Waals surface area contributed by atoms with Crippen LogP contribution in [0.3, 0.4) is 0 Å². The van der Waals surface area contributed by atoms with E-state index in [0.29, 0.717) is 29.0 Å². The molecule has 0 aliphatic heterocycles. The molecule has 0 saturated carbocycles. The highest BCUT2D eigenvalue weighted by atomic mass is 16.5. The molecule has 4 nitrogen and oxygen atoms in total. The van der Waals surface area contributed by atoms with Crippen molar-refractivity contribution in [3.8, 4) is 11.5 Å². The van der Waals surface area contributed by atoms with Gasteiger partial charge in [-0.2, -0.15) is 0 Å². The summed E-state index contributed by atoms with van der Waals surface area (Å²) in [4.78, 5) is 25.4. The Balaban J connectivity index is 2.27. The van der Waals surface area contributed by atoms with E-state index in [1.807, 2.05) is 12.1 Å². The molecule has 4 heteroatoms. The Kier molecular flexibility index (Phi) is 6.79. The number of methoxy groups -OCH3 is 2. The lowest BCUT2D eigenvalue weighted by atomic mass is 9.86. The second-order valence-corrected chi connectivity index (χ2v) is 7.68. The van der Waals surface area contributed by atoms with E-state index in [0.717, 1.165) is 11.1 Å². The summed E-state index contributed by atoms with van der Waals surface area (Å²) in [6, 6.07) is 10.9. The van der Waals surface area contributed by atoms with E-state index in [4.69, 9.17) is 9.47 Å². The van der Waals surface area contributed by atoms with E-state index in [-0.39, 0.29) is 23.4 Å². The van der Waals surface area contributed by atoms with Crippen LogP contribution in [0.2, 0.25) is 0 Å². The zero-order valence-corrected chi connectivity index (χ0v) is 17.3. The lowest BCUT2D eigenvalue weighted by molar-refractivity contribution is 0.0892. The number of hydrogen-bond acceptors (Lipinski definition) is 4. The zero-order valence-electron chi connectivity index (χ0n) is 17.3. The van der Waals surface area contributed by atoms with Crippen molar-refractivity contribution < 1.29 is 19.1 Å². The van der Waals surface area contributed by atoms with Crippen LogP contribution in [0.4, 0.5) is 0 Å². The average molecular weight is 380 g/mol. The van der Waals surface area contributed by atoms with Gasteiger partial charge in [0.25, 0.3) is 0 Å². The molecule has 0 radical (unpaired) electrons. The van der Waals surface area contributed by atoms with Crippen LogP contribution in [0.25, 0.3) is 0 Å². The van der Waals surface area contributed by atoms with Crippen molar-refractivity contribution in [3.63, 3.8) is 0 Å². The third kappa shape index (κ3) is 4.69. The van der Waals surface area contributed by atoms with Gasteiger partial charge >= 0.3 is 0 Å². The molecular formula is C24H28O4. The number of carbonyl (C=O) groups is 2. The van der Waals surface area contributed by atoms with Gasteiger partial charge in [0.2, 0.25) is 0 Å². The third-order valence-corrected chi connectivity index (χ3v) is 4.66. The molecule has 28 heavy (non-hydrogen) atoms. The summed E-state index contributed by atoms with van der Waals surface area (Å²) in [6.45, 7) is 10.1. The van der Waals surface area contributed by atoms with Gasteiger partial charge in [-0.15, -0.1) is 6.58 Å². The van der Waals surface area contributed by atoms with Crippen LogP contribution in [0.1, 0.15) is 59.0 Å². The molecule has 148 valence electrons. The molecule has 0 atom stereocenters. The third-order valence-electron chi connectivity index (χ3n) is 4.66. The normalized spacial score (nSPS) is 11.0. The van der Waals surface area contributed by atoms with Crippen LogP contribution >= 0.6 is 0 Å². The van der Waals surface area contributed by atoms with Gasteiger partial charge in [-0.25, -0.2) is 0 Å². The summed E-state index contributed by atoms with van der Waals surface area (Å²) < 4.78 is 10.9. The number of ether oxygens (including phenoxy) is 2. The second-order valence-electron chi connectivity index (χ2n) is 7.68. The fraction of sp³-hybridized carbons (Fsp3) is 0.333. The van der Waals surface area contributed by atoms with Crippen LogP contribution in [0.5, 0.6) is 11.5 Å². The molecule has 0 heterocycles. The van der Waals surface area contributed by atoms with Gasteiger partial charge in [0.05, 0.1) is 26.2 Å². The first-order chi connectivity index (χ1) is 13.2. The van der Waals surface area contributed by atoms with E-state index in [2.05, 4.69) is 27.4 Å². The Hall–Kier alpha value is -2.88. The number of allylic oxidation sites excluding steroid dienone is 1. The van der Waals surface area contributed by atoms with Crippen molar-refractivity contribution in [2.24, 2.45) is 0 Å². The molecule has 0 fully saturated rings. The second kappa shape index (κ2) is 8.87. The molecule has 2 rings (SSSR count). The number of benzene rings is 2. The Morgan fingerprint density at radius 2 is 1.54 bits per heavy atom. The molecule has 2 aromatic rings. The molecule has 0 aromatic heterocycles. The molecule has 0 aliphatic carbocycles. The van der Waals surface area contributed by atoms with Gasteiger partial charge in [0, 0.05) is 11.1 Å². The van der Waals surface area contributed by atoms with Gasteiger partial charge in [-0.05, 0) is 23.5 Å². The molecular weight excluding hydrogens is 352 g/mol. The van der Waals surface area contributed by atoms with Crippen LogP contribution < -0.4 is 9.47 Å². The first kappa shape index (κ1) is 21.4. The Labute approximate surface area is 167 Å². The van der Waals surface area contributed by atoms with E-state index < -0.39 is 0 Å². The lowest BCUT2D eigenvalue weighted by Crippen LogP contribution is -2.13. The maximum absolute atomic E-state index is 12.8. The summed E-state index contributed by atoms with van der Waals surface area (Å²) in [6.07, 6.45) is 2.12. The number of carbonyl (C=O) groups excluding carboxylic acids is 2. The minimum Gasteiger partial charge on any atom is -0.493 e. The standard InChI is InChI=1S/C24H28O4/c1-7-8-17-11-14-19(23(28-6)22(17)27-5)21(26)15-20(25)16-9-12-18(13-10-16)24(2,3)4/h7,9-14H,1,8,15H2,2-6H3. The monoisotopic (exact) mass is 380 g/mol. The number of hydrogen-bond donors (Lipinski definition) is 0. The summed E-state index contributed by atoms with van der Waals surface area (Å²) >= 11 is 0. The van der Waals surface area contributed by atoms with Gasteiger partial charge < -0.3 is 9.47 Å². The van der Waals surface area contributed by atoms with Crippen LogP contribution in [-0.2, 0) is 11.8 Å². The first-order valence-electron chi connectivity index (χ1n) is 9.24. The highest BCUT2D eigenvalue weighted by Crippen LogP contribution is 2.36. The Morgan fingerprint density at radius 1 is 0.929 bits per heavy atom. The summed E-state index contributed by atoms with van der Waals surface area (Å²) in [5.74, 6) is 0.324. The Morgan fingerprint density at radius 3 is 2.04 bits per heavy atom. The fourth-order valence-electron chi connectivity index (χ4n) is 3.06. The van der Waals surface area contributed by atoms with Crippen LogP contribution in [-0.4, -0.2) is 25.8 Å². The van der Waals surface area contributed by atoms with Crippen molar-refractivity contribution >= 4 is 11.6 Å². The molecule has 0 N–H and O–H groups in total. The van der Waals surface area contributed by atoms with E-state index in [1.54, 1.807) is 30.3 Å². The average Bonchev–Trinajstić information content (AvgIpc) is 2.66. The van der Waals surface area contributed by atoms with Crippen LogP contribution in [0, 0.1) is 0 Å². The van der Waals surface area contributed by atoms with Crippen molar-refractivity contribution in [1.82, 2.24) is 0 Å². The van der Waals surface area contributed by atoms with Gasteiger partial charge in [0.15, 0.2) is 23.1 Å². The smallest absolute Gasteiger partial charge is 0.174 e. The number of rotatable bonds is 8. The van der Waals surface area contributed by atoms with E-state index in [1.165, 1.54) is 14.2 Å². The van der Waals surface area contributed by atoms with Crippen molar-refractivity contribution in [1.29, 1.82) is 0 Å². The molecule has 0 aliphatic rings. The first-order valence-corrected chi connectivity index (χ1v) is 9.24.